The molecule has 6 nitrogen and oxygen atoms in total. The summed E-state index contributed by atoms with van der Waals surface area (Å²) in [6, 6.07) is 18.0. The molecule has 1 atom stereocenters. The molecule has 1 saturated carbocycles. The van der Waals surface area contributed by atoms with E-state index in [0.717, 1.165) is 36.1 Å². The molecule has 0 saturated heterocycles. The first-order chi connectivity index (χ1) is 16.6. The third-order valence-electron chi connectivity index (χ3n) is 6.14. The van der Waals surface area contributed by atoms with Gasteiger partial charge in [0.1, 0.15) is 6.04 Å². The lowest BCUT2D eigenvalue weighted by Gasteiger charge is -2.32. The molecule has 1 aliphatic carbocycles. The van der Waals surface area contributed by atoms with Gasteiger partial charge in [0.25, 0.3) is 0 Å². The van der Waals surface area contributed by atoms with Crippen LogP contribution in [-0.4, -0.2) is 32.1 Å². The van der Waals surface area contributed by atoms with Gasteiger partial charge in [0.15, 0.2) is 11.5 Å². The number of thiophene rings is 1. The van der Waals surface area contributed by atoms with E-state index in [1.54, 1.807) is 37.3 Å². The zero-order chi connectivity index (χ0) is 23.9. The van der Waals surface area contributed by atoms with Crippen LogP contribution < -0.4 is 19.7 Å². The topological polar surface area (TPSA) is 67.9 Å². The fourth-order valence-corrected chi connectivity index (χ4v) is 5.16. The van der Waals surface area contributed by atoms with Crippen molar-refractivity contribution < 1.29 is 19.1 Å². The first-order valence-electron chi connectivity index (χ1n) is 11.5. The second-order valence-corrected chi connectivity index (χ2v) is 9.39. The van der Waals surface area contributed by atoms with Crippen molar-refractivity contribution in [3.05, 3.63) is 76.5 Å². The number of nitrogens with one attached hydrogen (secondary N) is 1. The van der Waals surface area contributed by atoms with E-state index in [2.05, 4.69) is 5.32 Å². The van der Waals surface area contributed by atoms with Crippen molar-refractivity contribution in [1.82, 2.24) is 5.32 Å². The van der Waals surface area contributed by atoms with Crippen LogP contribution in [-0.2, 0) is 16.0 Å². The van der Waals surface area contributed by atoms with E-state index in [0.29, 0.717) is 17.2 Å². The molecule has 0 spiro atoms. The molecule has 7 heteroatoms. The number of nitrogens with zero attached hydrogens (tertiary/aromatic N) is 1. The molecule has 34 heavy (non-hydrogen) atoms. The highest BCUT2D eigenvalue weighted by atomic mass is 32.1. The minimum absolute atomic E-state index is 0.137. The highest BCUT2D eigenvalue weighted by Gasteiger charge is 2.34. The molecule has 2 amide bonds. The summed E-state index contributed by atoms with van der Waals surface area (Å²) in [4.78, 5) is 30.1. The molecule has 1 aromatic heterocycles. The smallest absolute Gasteiger partial charge is 0.248 e. The molecule has 1 N–H and O–H groups in total. The van der Waals surface area contributed by atoms with E-state index in [4.69, 9.17) is 9.47 Å². The number of anilines is 1. The van der Waals surface area contributed by atoms with E-state index in [9.17, 15) is 9.59 Å². The van der Waals surface area contributed by atoms with Crippen molar-refractivity contribution in [2.75, 3.05) is 19.1 Å². The highest BCUT2D eigenvalue weighted by Crippen LogP contribution is 2.36. The Hall–Kier alpha value is -3.32. The van der Waals surface area contributed by atoms with Gasteiger partial charge in [-0.05, 0) is 42.0 Å². The van der Waals surface area contributed by atoms with Crippen molar-refractivity contribution in [3.63, 3.8) is 0 Å². The summed E-state index contributed by atoms with van der Waals surface area (Å²) in [7, 11) is 3.12. The number of hydrogen-bond donors (Lipinski definition) is 1. The van der Waals surface area contributed by atoms with Gasteiger partial charge in [-0.1, -0.05) is 49.2 Å². The Labute approximate surface area is 204 Å². The number of carbonyl (C=O) groups excluding carboxylic acids is 2. The van der Waals surface area contributed by atoms with Gasteiger partial charge in [0.05, 0.1) is 20.6 Å². The molecule has 1 fully saturated rings. The third-order valence-corrected chi connectivity index (χ3v) is 7.02. The number of benzene rings is 2. The van der Waals surface area contributed by atoms with Gasteiger partial charge in [0, 0.05) is 22.7 Å². The fourth-order valence-electron chi connectivity index (χ4n) is 4.46. The van der Waals surface area contributed by atoms with Crippen LogP contribution in [0.5, 0.6) is 11.5 Å². The maximum Gasteiger partial charge on any atom is 0.248 e. The molecule has 4 rings (SSSR count). The quantitative estimate of drug-likeness (QED) is 0.462. The largest absolute Gasteiger partial charge is 0.493 e. The van der Waals surface area contributed by atoms with Gasteiger partial charge in [0.2, 0.25) is 11.8 Å². The number of hydrogen-bond acceptors (Lipinski definition) is 5. The second-order valence-electron chi connectivity index (χ2n) is 8.36. The van der Waals surface area contributed by atoms with Crippen LogP contribution in [0.1, 0.15) is 42.2 Å². The SMILES string of the molecule is COc1ccc(N(C(=O)Cc2cccs2)C(C(=O)NC2CCCC2)c2ccccc2)cc1OC. The Bertz CT molecular complexity index is 1100. The summed E-state index contributed by atoms with van der Waals surface area (Å²) in [6.07, 6.45) is 4.35. The molecular formula is C27H30N2O4S. The van der Waals surface area contributed by atoms with Crippen molar-refractivity contribution in [2.24, 2.45) is 0 Å². The zero-order valence-electron chi connectivity index (χ0n) is 19.5. The number of methoxy groups -OCH3 is 2. The molecule has 1 unspecified atom stereocenters. The number of amides is 2. The Morgan fingerprint density at radius 2 is 1.74 bits per heavy atom. The lowest BCUT2D eigenvalue weighted by molar-refractivity contribution is -0.127. The summed E-state index contributed by atoms with van der Waals surface area (Å²) < 4.78 is 10.9. The van der Waals surface area contributed by atoms with Crippen LogP contribution in [0.25, 0.3) is 0 Å². The third kappa shape index (κ3) is 5.42. The molecular weight excluding hydrogens is 448 g/mol. The number of carbonyl (C=O) groups is 2. The molecule has 1 heterocycles. The van der Waals surface area contributed by atoms with E-state index >= 15 is 0 Å². The van der Waals surface area contributed by atoms with Crippen LogP contribution in [0, 0.1) is 0 Å². The zero-order valence-corrected chi connectivity index (χ0v) is 20.3. The van der Waals surface area contributed by atoms with Gasteiger partial charge in [-0.2, -0.15) is 0 Å². The van der Waals surface area contributed by atoms with E-state index < -0.39 is 6.04 Å². The molecule has 0 radical (unpaired) electrons. The highest BCUT2D eigenvalue weighted by molar-refractivity contribution is 7.10. The Morgan fingerprint density at radius 1 is 1.00 bits per heavy atom. The van der Waals surface area contributed by atoms with E-state index in [1.807, 2.05) is 47.8 Å². The van der Waals surface area contributed by atoms with Crippen LogP contribution in [0.4, 0.5) is 5.69 Å². The normalized spacial score (nSPS) is 14.4. The predicted octanol–water partition coefficient (Wildman–Crippen LogP) is 5.14. The van der Waals surface area contributed by atoms with Crippen LogP contribution >= 0.6 is 11.3 Å². The first kappa shape index (κ1) is 23.8. The van der Waals surface area contributed by atoms with Crippen LogP contribution in [0.2, 0.25) is 0 Å². The van der Waals surface area contributed by atoms with Crippen molar-refractivity contribution in [3.8, 4) is 11.5 Å². The standard InChI is InChI=1S/C27H30N2O4S/c1-32-23-15-14-21(17-24(23)33-2)29(25(30)18-22-13-8-16-34-22)26(19-9-4-3-5-10-19)27(31)28-20-11-6-7-12-20/h3-5,8-10,13-17,20,26H,6-7,11-12,18H2,1-2H3,(H,28,31). The lowest BCUT2D eigenvalue weighted by Crippen LogP contribution is -2.46. The number of ether oxygens (including phenoxy) is 2. The maximum absolute atomic E-state index is 13.8. The van der Waals surface area contributed by atoms with Gasteiger partial charge in [-0.3, -0.25) is 14.5 Å². The van der Waals surface area contributed by atoms with E-state index in [-0.39, 0.29) is 24.3 Å². The predicted molar refractivity (Wildman–Crippen MR) is 135 cm³/mol. The Morgan fingerprint density at radius 3 is 2.38 bits per heavy atom. The Balaban J connectivity index is 1.78. The maximum atomic E-state index is 13.8. The second kappa shape index (κ2) is 11.2. The van der Waals surface area contributed by atoms with Gasteiger partial charge >= 0.3 is 0 Å². The van der Waals surface area contributed by atoms with Crippen LogP contribution in [0.15, 0.2) is 66.0 Å². The summed E-state index contributed by atoms with van der Waals surface area (Å²) in [5.74, 6) is 0.720. The van der Waals surface area contributed by atoms with Crippen molar-refractivity contribution in [2.45, 2.75) is 44.2 Å². The molecule has 0 bridgehead atoms. The summed E-state index contributed by atoms with van der Waals surface area (Å²) in [5.41, 5.74) is 1.34. The first-order valence-corrected chi connectivity index (χ1v) is 12.4. The number of rotatable bonds is 9. The average Bonchev–Trinajstić information content (AvgIpc) is 3.57. The molecule has 0 aliphatic heterocycles. The van der Waals surface area contributed by atoms with Gasteiger partial charge < -0.3 is 14.8 Å². The lowest BCUT2D eigenvalue weighted by atomic mass is 10.0. The molecule has 1 aliphatic rings. The van der Waals surface area contributed by atoms with Crippen molar-refractivity contribution in [1.29, 1.82) is 0 Å². The van der Waals surface area contributed by atoms with Gasteiger partial charge in [-0.25, -0.2) is 0 Å². The summed E-state index contributed by atoms with van der Waals surface area (Å²) in [5, 5.41) is 5.16. The fraction of sp³-hybridized carbons (Fsp3) is 0.333. The minimum atomic E-state index is -0.813. The molecule has 178 valence electrons. The van der Waals surface area contributed by atoms with E-state index in [1.165, 1.54) is 11.3 Å². The molecule has 2 aromatic carbocycles. The van der Waals surface area contributed by atoms with Crippen molar-refractivity contribution >= 4 is 28.8 Å². The van der Waals surface area contributed by atoms with Gasteiger partial charge in [-0.15, -0.1) is 11.3 Å². The minimum Gasteiger partial charge on any atom is -0.493 e. The summed E-state index contributed by atoms with van der Waals surface area (Å²) >= 11 is 1.53. The monoisotopic (exact) mass is 478 g/mol. The molecule has 3 aromatic rings. The summed E-state index contributed by atoms with van der Waals surface area (Å²) in [6.45, 7) is 0. The average molecular weight is 479 g/mol. The Kier molecular flexibility index (Phi) is 7.85. The van der Waals surface area contributed by atoms with Crippen LogP contribution in [0.3, 0.4) is 0 Å².